The van der Waals surface area contributed by atoms with Crippen molar-refractivity contribution in [1.29, 1.82) is 0 Å². The van der Waals surface area contributed by atoms with Gasteiger partial charge in [-0.1, -0.05) is 22.0 Å². The van der Waals surface area contributed by atoms with Gasteiger partial charge in [0.25, 0.3) is 0 Å². The van der Waals surface area contributed by atoms with Gasteiger partial charge in [0, 0.05) is 10.9 Å². The monoisotopic (exact) mass is 244 g/mol. The van der Waals surface area contributed by atoms with Crippen LogP contribution in [-0.2, 0) is 10.3 Å². The molecule has 0 saturated carbocycles. The Labute approximate surface area is 85.0 Å². The van der Waals surface area contributed by atoms with E-state index in [9.17, 15) is 4.39 Å². The lowest BCUT2D eigenvalue weighted by atomic mass is 9.89. The first-order chi connectivity index (χ1) is 6.12. The SMILES string of the molecule is CC1(c2ccc(F)cc2Br)CCO1. The number of hydrogen-bond donors (Lipinski definition) is 0. The van der Waals surface area contributed by atoms with Gasteiger partial charge in [0.2, 0.25) is 0 Å². The molecule has 1 nitrogen and oxygen atoms in total. The van der Waals surface area contributed by atoms with E-state index < -0.39 is 0 Å². The highest BCUT2D eigenvalue weighted by Gasteiger charge is 2.36. The maximum atomic E-state index is 12.8. The van der Waals surface area contributed by atoms with Gasteiger partial charge in [-0.15, -0.1) is 0 Å². The van der Waals surface area contributed by atoms with E-state index in [1.807, 2.05) is 6.92 Å². The molecule has 13 heavy (non-hydrogen) atoms. The van der Waals surface area contributed by atoms with E-state index in [-0.39, 0.29) is 11.4 Å². The molecule has 0 bridgehead atoms. The highest BCUT2D eigenvalue weighted by atomic mass is 79.9. The normalized spacial score (nSPS) is 27.0. The fourth-order valence-corrected chi connectivity index (χ4v) is 2.31. The van der Waals surface area contributed by atoms with Gasteiger partial charge in [-0.25, -0.2) is 4.39 Å². The van der Waals surface area contributed by atoms with Gasteiger partial charge in [-0.3, -0.25) is 0 Å². The molecule has 1 aromatic rings. The molecule has 70 valence electrons. The van der Waals surface area contributed by atoms with Crippen molar-refractivity contribution in [2.75, 3.05) is 6.61 Å². The zero-order valence-electron chi connectivity index (χ0n) is 7.31. The first-order valence-electron chi connectivity index (χ1n) is 4.21. The first-order valence-corrected chi connectivity index (χ1v) is 5.01. The van der Waals surface area contributed by atoms with Crippen molar-refractivity contribution in [3.05, 3.63) is 34.1 Å². The fourth-order valence-electron chi connectivity index (χ4n) is 1.54. The summed E-state index contributed by atoms with van der Waals surface area (Å²) in [4.78, 5) is 0. The molecule has 1 atom stereocenters. The van der Waals surface area contributed by atoms with E-state index in [1.54, 1.807) is 6.07 Å². The van der Waals surface area contributed by atoms with E-state index in [0.717, 1.165) is 23.1 Å². The van der Waals surface area contributed by atoms with E-state index in [0.29, 0.717) is 0 Å². The van der Waals surface area contributed by atoms with Gasteiger partial charge in [-0.05, 0) is 24.6 Å². The van der Waals surface area contributed by atoms with Crippen LogP contribution < -0.4 is 0 Å². The summed E-state index contributed by atoms with van der Waals surface area (Å²) in [5.41, 5.74) is 0.812. The van der Waals surface area contributed by atoms with Gasteiger partial charge < -0.3 is 4.74 Å². The molecule has 3 heteroatoms. The van der Waals surface area contributed by atoms with Crippen molar-refractivity contribution in [3.63, 3.8) is 0 Å². The van der Waals surface area contributed by atoms with E-state index >= 15 is 0 Å². The van der Waals surface area contributed by atoms with Crippen molar-refractivity contribution in [2.24, 2.45) is 0 Å². The molecule has 0 radical (unpaired) electrons. The molecule has 1 aliphatic rings. The van der Waals surface area contributed by atoms with Gasteiger partial charge in [0.05, 0.1) is 12.2 Å². The van der Waals surface area contributed by atoms with Crippen LogP contribution in [0.5, 0.6) is 0 Å². The number of ether oxygens (including phenoxy) is 1. The predicted octanol–water partition coefficient (Wildman–Crippen LogP) is 3.22. The zero-order chi connectivity index (χ0) is 9.47. The minimum absolute atomic E-state index is 0.216. The molecule has 1 saturated heterocycles. The van der Waals surface area contributed by atoms with E-state index in [1.165, 1.54) is 12.1 Å². The summed E-state index contributed by atoms with van der Waals surface area (Å²) < 4.78 is 19.0. The van der Waals surface area contributed by atoms with Crippen LogP contribution >= 0.6 is 15.9 Å². The summed E-state index contributed by atoms with van der Waals surface area (Å²) in [6.45, 7) is 2.81. The lowest BCUT2D eigenvalue weighted by molar-refractivity contribution is -0.141. The van der Waals surface area contributed by atoms with Gasteiger partial charge in [0.1, 0.15) is 5.82 Å². The molecule has 0 amide bonds. The molecule has 2 rings (SSSR count). The van der Waals surface area contributed by atoms with Crippen LogP contribution in [0.15, 0.2) is 22.7 Å². The number of rotatable bonds is 1. The van der Waals surface area contributed by atoms with Gasteiger partial charge >= 0.3 is 0 Å². The Morgan fingerprint density at radius 1 is 1.54 bits per heavy atom. The Balaban J connectivity index is 2.40. The highest BCUT2D eigenvalue weighted by Crippen LogP contribution is 2.40. The Morgan fingerprint density at radius 2 is 2.23 bits per heavy atom. The number of benzene rings is 1. The zero-order valence-corrected chi connectivity index (χ0v) is 8.90. The third-order valence-corrected chi connectivity index (χ3v) is 3.16. The third-order valence-electron chi connectivity index (χ3n) is 2.50. The van der Waals surface area contributed by atoms with Crippen LogP contribution in [0.4, 0.5) is 4.39 Å². The summed E-state index contributed by atoms with van der Waals surface area (Å²) >= 11 is 3.34. The van der Waals surface area contributed by atoms with Crippen LogP contribution in [-0.4, -0.2) is 6.61 Å². The lowest BCUT2D eigenvalue weighted by Gasteiger charge is -2.39. The molecule has 0 N–H and O–H groups in total. The maximum absolute atomic E-state index is 12.8. The Kier molecular flexibility index (Phi) is 2.16. The summed E-state index contributed by atoms with van der Waals surface area (Å²) in [5.74, 6) is -0.224. The minimum atomic E-state index is -0.224. The quantitative estimate of drug-likeness (QED) is 0.738. The molecule has 1 heterocycles. The summed E-state index contributed by atoms with van der Waals surface area (Å²) in [5, 5.41) is 0. The molecule has 1 unspecified atom stereocenters. The van der Waals surface area contributed by atoms with Crippen LogP contribution in [0, 0.1) is 5.82 Å². The molecule has 1 aliphatic heterocycles. The molecule has 0 aliphatic carbocycles. The smallest absolute Gasteiger partial charge is 0.124 e. The van der Waals surface area contributed by atoms with Crippen molar-refractivity contribution >= 4 is 15.9 Å². The van der Waals surface area contributed by atoms with Crippen molar-refractivity contribution in [3.8, 4) is 0 Å². The standard InChI is InChI=1S/C10H10BrFO/c1-10(4-5-13-10)8-3-2-7(12)6-9(8)11/h2-3,6H,4-5H2,1H3. The van der Waals surface area contributed by atoms with Crippen LogP contribution in [0.3, 0.4) is 0 Å². The summed E-state index contributed by atoms with van der Waals surface area (Å²) in [7, 11) is 0. The largest absolute Gasteiger partial charge is 0.370 e. The second-order valence-corrected chi connectivity index (χ2v) is 4.31. The van der Waals surface area contributed by atoms with Crippen molar-refractivity contribution in [1.82, 2.24) is 0 Å². The predicted molar refractivity (Wildman–Crippen MR) is 52.0 cm³/mol. The van der Waals surface area contributed by atoms with Crippen LogP contribution in [0.2, 0.25) is 0 Å². The Hall–Kier alpha value is -0.410. The molecular weight excluding hydrogens is 235 g/mol. The Morgan fingerprint density at radius 3 is 2.69 bits per heavy atom. The van der Waals surface area contributed by atoms with Gasteiger partial charge in [-0.2, -0.15) is 0 Å². The second-order valence-electron chi connectivity index (χ2n) is 3.45. The topological polar surface area (TPSA) is 9.23 Å². The fraction of sp³-hybridized carbons (Fsp3) is 0.400. The van der Waals surface area contributed by atoms with Gasteiger partial charge in [0.15, 0.2) is 0 Å². The average molecular weight is 245 g/mol. The van der Waals surface area contributed by atoms with Crippen LogP contribution in [0.1, 0.15) is 18.9 Å². The maximum Gasteiger partial charge on any atom is 0.124 e. The van der Waals surface area contributed by atoms with E-state index in [4.69, 9.17) is 4.74 Å². The molecule has 0 spiro atoms. The molecule has 1 fully saturated rings. The van der Waals surface area contributed by atoms with Crippen molar-refractivity contribution in [2.45, 2.75) is 18.9 Å². The summed E-state index contributed by atoms with van der Waals surface area (Å²) in [6.07, 6.45) is 0.997. The lowest BCUT2D eigenvalue weighted by Crippen LogP contribution is -2.37. The van der Waals surface area contributed by atoms with Crippen LogP contribution in [0.25, 0.3) is 0 Å². The summed E-state index contributed by atoms with van der Waals surface area (Å²) in [6, 6.07) is 4.72. The molecule has 1 aromatic carbocycles. The third kappa shape index (κ3) is 1.51. The van der Waals surface area contributed by atoms with E-state index in [2.05, 4.69) is 15.9 Å². The molecule has 0 aromatic heterocycles. The highest BCUT2D eigenvalue weighted by molar-refractivity contribution is 9.10. The second kappa shape index (κ2) is 3.07. The number of halogens is 2. The number of hydrogen-bond acceptors (Lipinski definition) is 1. The first kappa shape index (κ1) is 9.16. The van der Waals surface area contributed by atoms with Crippen molar-refractivity contribution < 1.29 is 9.13 Å². The Bertz CT molecular complexity index is 334. The average Bonchev–Trinajstić information content (AvgIpc) is 2.00. The minimum Gasteiger partial charge on any atom is -0.370 e. The molecular formula is C10H10BrFO.